The van der Waals surface area contributed by atoms with E-state index in [2.05, 4.69) is 16.5 Å². The molecular weight excluding hydrogens is 492 g/mol. The number of halogens is 4. The number of carboxylic acid groups (broad SMARTS) is 1. The molecule has 2 aromatic rings. The van der Waals surface area contributed by atoms with E-state index in [0.717, 1.165) is 55.9 Å². The summed E-state index contributed by atoms with van der Waals surface area (Å²) in [7, 11) is -1.03. The Morgan fingerprint density at radius 2 is 1.77 bits per heavy atom. The average molecular weight is 519 g/mol. The maximum Gasteiger partial charge on any atom is 0.490 e. The number of carboxylic acids is 1. The van der Waals surface area contributed by atoms with Gasteiger partial charge in [-0.05, 0) is 44.9 Å². The lowest BCUT2D eigenvalue weighted by Gasteiger charge is -2.49. The molecule has 0 bridgehead atoms. The number of fused-ring (bicyclic) bond motifs is 2. The van der Waals surface area contributed by atoms with Crippen molar-refractivity contribution < 1.29 is 35.9 Å². The van der Waals surface area contributed by atoms with Gasteiger partial charge in [0.2, 0.25) is 10.0 Å². The molecule has 8 nitrogen and oxygen atoms in total. The van der Waals surface area contributed by atoms with Crippen LogP contribution >= 0.6 is 0 Å². The molecule has 35 heavy (non-hydrogen) atoms. The van der Waals surface area contributed by atoms with Gasteiger partial charge in [-0.15, -0.1) is 0 Å². The van der Waals surface area contributed by atoms with Gasteiger partial charge in [-0.3, -0.25) is 4.90 Å². The molecule has 1 aromatic carbocycles. The lowest BCUT2D eigenvalue weighted by molar-refractivity contribution is -0.192. The SMILES string of the molecule is CN1CCn2c(-c3cccc(F)c3)cnc2C12CCN(S(=O)(=O)C1CC1)CC2.O=C(O)C(F)(F)F. The number of nitrogens with zero attached hydrogens (tertiary/aromatic N) is 4. The molecule has 0 atom stereocenters. The average Bonchev–Trinajstić information content (AvgIpc) is 3.57. The molecule has 13 heteroatoms. The first-order chi connectivity index (χ1) is 16.4. The van der Waals surface area contributed by atoms with Crippen molar-refractivity contribution >= 4 is 16.0 Å². The summed E-state index contributed by atoms with van der Waals surface area (Å²) in [6.07, 6.45) is -0.195. The summed E-state index contributed by atoms with van der Waals surface area (Å²) in [5, 5.41) is 6.97. The van der Waals surface area contributed by atoms with E-state index >= 15 is 0 Å². The van der Waals surface area contributed by atoms with Crippen molar-refractivity contribution in [1.29, 1.82) is 0 Å². The molecule has 0 amide bonds. The maximum atomic E-state index is 13.7. The number of aliphatic carboxylic acids is 1. The van der Waals surface area contributed by atoms with Gasteiger partial charge in [0.15, 0.2) is 0 Å². The van der Waals surface area contributed by atoms with Crippen LogP contribution in [0.25, 0.3) is 11.3 Å². The highest BCUT2D eigenvalue weighted by atomic mass is 32.2. The van der Waals surface area contributed by atoms with Crippen molar-refractivity contribution in [2.24, 2.45) is 0 Å². The smallest absolute Gasteiger partial charge is 0.475 e. The van der Waals surface area contributed by atoms with E-state index in [1.807, 2.05) is 12.3 Å². The molecule has 1 spiro atoms. The molecule has 1 aromatic heterocycles. The van der Waals surface area contributed by atoms with Crippen LogP contribution in [0.3, 0.4) is 0 Å². The van der Waals surface area contributed by atoms with Crippen molar-refractivity contribution in [2.45, 2.75) is 49.2 Å². The molecule has 1 saturated carbocycles. The highest BCUT2D eigenvalue weighted by molar-refractivity contribution is 7.90. The van der Waals surface area contributed by atoms with Crippen LogP contribution in [0.5, 0.6) is 0 Å². The van der Waals surface area contributed by atoms with Crippen molar-refractivity contribution in [2.75, 3.05) is 26.7 Å². The quantitative estimate of drug-likeness (QED) is 0.628. The third kappa shape index (κ3) is 4.94. The van der Waals surface area contributed by atoms with Gasteiger partial charge in [0, 0.05) is 31.7 Å². The molecule has 1 aliphatic carbocycles. The van der Waals surface area contributed by atoms with E-state index < -0.39 is 22.2 Å². The number of carbonyl (C=O) groups is 1. The third-order valence-corrected chi connectivity index (χ3v) is 9.28. The van der Waals surface area contributed by atoms with Gasteiger partial charge in [-0.2, -0.15) is 13.2 Å². The Kier molecular flexibility index (Phi) is 6.70. The van der Waals surface area contributed by atoms with E-state index in [4.69, 9.17) is 14.9 Å². The zero-order valence-corrected chi connectivity index (χ0v) is 19.8. The van der Waals surface area contributed by atoms with Crippen LogP contribution in [0.4, 0.5) is 17.6 Å². The summed E-state index contributed by atoms with van der Waals surface area (Å²) in [5.74, 6) is -2.04. The Morgan fingerprint density at radius 1 is 1.14 bits per heavy atom. The van der Waals surface area contributed by atoms with Gasteiger partial charge in [-0.25, -0.2) is 26.9 Å². The first-order valence-corrected chi connectivity index (χ1v) is 12.7. The topological polar surface area (TPSA) is 95.7 Å². The Morgan fingerprint density at radius 3 is 2.31 bits per heavy atom. The summed E-state index contributed by atoms with van der Waals surface area (Å²) in [6, 6.07) is 6.61. The first kappa shape index (κ1) is 25.6. The molecule has 192 valence electrons. The summed E-state index contributed by atoms with van der Waals surface area (Å²) >= 11 is 0. The van der Waals surface area contributed by atoms with E-state index in [1.54, 1.807) is 16.4 Å². The fourth-order valence-electron chi connectivity index (χ4n) is 4.78. The van der Waals surface area contributed by atoms with E-state index in [9.17, 15) is 26.0 Å². The van der Waals surface area contributed by atoms with Crippen LogP contribution < -0.4 is 0 Å². The lowest BCUT2D eigenvalue weighted by Crippen LogP contribution is -2.57. The summed E-state index contributed by atoms with van der Waals surface area (Å²) in [6.45, 7) is 2.72. The highest BCUT2D eigenvalue weighted by Gasteiger charge is 2.49. The number of rotatable bonds is 3. The number of piperidine rings is 1. The Bertz CT molecular complexity index is 1200. The molecule has 0 radical (unpaired) electrons. The summed E-state index contributed by atoms with van der Waals surface area (Å²) < 4.78 is 74.6. The van der Waals surface area contributed by atoms with Crippen LogP contribution in [0.2, 0.25) is 0 Å². The number of likely N-dealkylation sites (N-methyl/N-ethyl adjacent to an activating group) is 1. The normalized spacial score (nSPS) is 20.7. The van der Waals surface area contributed by atoms with Crippen LogP contribution in [0, 0.1) is 5.82 Å². The number of hydrogen-bond donors (Lipinski definition) is 1. The lowest BCUT2D eigenvalue weighted by atomic mass is 9.84. The van der Waals surface area contributed by atoms with Crippen LogP contribution in [0.1, 0.15) is 31.5 Å². The number of imidazole rings is 1. The van der Waals surface area contributed by atoms with E-state index in [1.165, 1.54) is 6.07 Å². The fraction of sp³-hybridized carbons (Fsp3) is 0.545. The monoisotopic (exact) mass is 518 g/mol. The van der Waals surface area contributed by atoms with Gasteiger partial charge in [-0.1, -0.05) is 12.1 Å². The molecule has 2 aliphatic heterocycles. The van der Waals surface area contributed by atoms with Crippen molar-refractivity contribution in [3.05, 3.63) is 42.1 Å². The summed E-state index contributed by atoms with van der Waals surface area (Å²) in [4.78, 5) is 16.0. The Hall–Kier alpha value is -2.51. The first-order valence-electron chi connectivity index (χ1n) is 11.2. The van der Waals surface area contributed by atoms with Gasteiger partial charge < -0.3 is 9.67 Å². The number of sulfonamides is 1. The number of hydrogen-bond acceptors (Lipinski definition) is 5. The minimum atomic E-state index is -5.08. The second kappa shape index (κ2) is 9.17. The maximum absolute atomic E-state index is 13.7. The number of alkyl halides is 3. The van der Waals surface area contributed by atoms with Crippen molar-refractivity contribution in [3.63, 3.8) is 0 Å². The van der Waals surface area contributed by atoms with Gasteiger partial charge in [0.25, 0.3) is 0 Å². The molecular formula is C22H26F4N4O4S. The largest absolute Gasteiger partial charge is 0.490 e. The molecule has 2 fully saturated rings. The van der Waals surface area contributed by atoms with Crippen LogP contribution in [-0.2, 0) is 26.9 Å². The Balaban J connectivity index is 0.000000364. The highest BCUT2D eigenvalue weighted by Crippen LogP contribution is 2.43. The fourth-order valence-corrected chi connectivity index (χ4v) is 6.62. The minimum absolute atomic E-state index is 0.160. The molecule has 3 heterocycles. The van der Waals surface area contributed by atoms with Crippen molar-refractivity contribution in [3.8, 4) is 11.3 Å². The van der Waals surface area contributed by atoms with Crippen LogP contribution in [-0.4, -0.2) is 76.4 Å². The second-order valence-corrected chi connectivity index (χ2v) is 11.2. The van der Waals surface area contributed by atoms with E-state index in [-0.39, 0.29) is 16.6 Å². The predicted molar refractivity (Wildman–Crippen MR) is 118 cm³/mol. The van der Waals surface area contributed by atoms with Gasteiger partial charge >= 0.3 is 12.1 Å². The van der Waals surface area contributed by atoms with Crippen molar-refractivity contribution in [1.82, 2.24) is 18.8 Å². The van der Waals surface area contributed by atoms with Gasteiger partial charge in [0.05, 0.1) is 22.7 Å². The second-order valence-electron chi connectivity index (χ2n) is 9.03. The Labute approximate surface area is 200 Å². The van der Waals surface area contributed by atoms with E-state index in [0.29, 0.717) is 13.1 Å². The molecule has 3 aliphatic rings. The number of aromatic nitrogens is 2. The molecule has 1 N–H and O–H groups in total. The summed E-state index contributed by atoms with van der Waals surface area (Å²) in [5.41, 5.74) is 1.49. The third-order valence-electron chi connectivity index (χ3n) is 6.88. The minimum Gasteiger partial charge on any atom is -0.475 e. The number of benzene rings is 1. The standard InChI is InChI=1S/C20H25FN4O2S.C2HF3O2/c1-23-11-12-25-18(15-3-2-4-16(21)13-15)14-22-19(25)20(23)7-9-24(10-8-20)28(26,27)17-5-6-17;3-2(4,5)1(6)7/h2-4,13-14,17H,5-12H2,1H3;(H,6,7). The molecule has 0 unspecified atom stereocenters. The molecule has 1 saturated heterocycles. The molecule has 5 rings (SSSR count). The predicted octanol–water partition coefficient (Wildman–Crippen LogP) is 3.05. The zero-order valence-electron chi connectivity index (χ0n) is 19.0. The van der Waals surface area contributed by atoms with Crippen LogP contribution in [0.15, 0.2) is 30.5 Å². The zero-order chi connectivity index (χ0) is 25.6. The van der Waals surface area contributed by atoms with Gasteiger partial charge in [0.1, 0.15) is 11.6 Å².